The van der Waals surface area contributed by atoms with Gasteiger partial charge in [0.05, 0.1) is 38.4 Å². The van der Waals surface area contributed by atoms with Gasteiger partial charge in [-0.2, -0.15) is 4.98 Å². The molecule has 0 spiro atoms. The fourth-order valence-corrected chi connectivity index (χ4v) is 2.87. The largest absolute Gasteiger partial charge is 0.468 e. The zero-order chi connectivity index (χ0) is 17.8. The van der Waals surface area contributed by atoms with Crippen molar-refractivity contribution in [2.24, 2.45) is 5.92 Å². The average Bonchev–Trinajstić information content (AvgIpc) is 3.00. The summed E-state index contributed by atoms with van der Waals surface area (Å²) in [5.74, 6) is 0.524. The number of rotatable bonds is 5. The molecule has 8 heteroatoms. The first-order valence-electron chi connectivity index (χ1n) is 8.63. The Labute approximate surface area is 147 Å². The lowest BCUT2D eigenvalue weighted by Gasteiger charge is -2.28. The van der Waals surface area contributed by atoms with E-state index in [1.54, 1.807) is 12.4 Å². The average molecular weight is 347 g/mol. The zero-order valence-corrected chi connectivity index (χ0v) is 15.0. The standard InChI is InChI=1S/C17H25N5O3/c1-12(2)4-5-19-16(23)22-14-11-18-10-13(15(14)20-17(22)24-3)21-6-8-25-9-7-21/h10-12H,4-9H2,1-3H3,(H,19,23). The van der Waals surface area contributed by atoms with Crippen LogP contribution in [0.25, 0.3) is 11.0 Å². The van der Waals surface area contributed by atoms with E-state index in [9.17, 15) is 4.79 Å². The molecule has 0 radical (unpaired) electrons. The fraction of sp³-hybridized carbons (Fsp3) is 0.588. The highest BCUT2D eigenvalue weighted by atomic mass is 16.5. The minimum Gasteiger partial charge on any atom is -0.468 e. The van der Waals surface area contributed by atoms with Gasteiger partial charge in [-0.05, 0) is 12.3 Å². The van der Waals surface area contributed by atoms with E-state index in [0.717, 1.165) is 25.2 Å². The van der Waals surface area contributed by atoms with E-state index < -0.39 is 0 Å². The van der Waals surface area contributed by atoms with Gasteiger partial charge in [0.1, 0.15) is 11.0 Å². The van der Waals surface area contributed by atoms with Crippen molar-refractivity contribution in [2.45, 2.75) is 20.3 Å². The van der Waals surface area contributed by atoms with Crippen LogP contribution in [0.5, 0.6) is 6.01 Å². The van der Waals surface area contributed by atoms with E-state index in [4.69, 9.17) is 9.47 Å². The van der Waals surface area contributed by atoms with Gasteiger partial charge < -0.3 is 19.7 Å². The highest BCUT2D eigenvalue weighted by Gasteiger charge is 2.22. The summed E-state index contributed by atoms with van der Waals surface area (Å²) in [6.45, 7) is 7.74. The van der Waals surface area contributed by atoms with E-state index >= 15 is 0 Å². The van der Waals surface area contributed by atoms with Crippen LogP contribution >= 0.6 is 0 Å². The van der Waals surface area contributed by atoms with Crippen molar-refractivity contribution < 1.29 is 14.3 Å². The molecule has 0 aliphatic carbocycles. The Morgan fingerprint density at radius 2 is 2.12 bits per heavy atom. The molecule has 2 aromatic rings. The molecule has 1 fully saturated rings. The Balaban J connectivity index is 1.93. The maximum absolute atomic E-state index is 12.6. The lowest BCUT2D eigenvalue weighted by Crippen LogP contribution is -2.36. The number of pyridine rings is 1. The number of morpholine rings is 1. The van der Waals surface area contributed by atoms with Crippen LogP contribution in [0, 0.1) is 5.92 Å². The van der Waals surface area contributed by atoms with Crippen molar-refractivity contribution in [1.29, 1.82) is 0 Å². The number of methoxy groups -OCH3 is 1. The fourth-order valence-electron chi connectivity index (χ4n) is 2.87. The number of anilines is 1. The Kier molecular flexibility index (Phi) is 5.37. The molecule has 0 atom stereocenters. The minimum absolute atomic E-state index is 0.249. The molecular weight excluding hydrogens is 322 g/mol. The number of aromatic nitrogens is 3. The van der Waals surface area contributed by atoms with Crippen LogP contribution in [-0.4, -0.2) is 60.5 Å². The number of fused-ring (bicyclic) bond motifs is 1. The third-order valence-electron chi connectivity index (χ3n) is 4.25. The first kappa shape index (κ1) is 17.5. The number of nitrogens with zero attached hydrogens (tertiary/aromatic N) is 4. The zero-order valence-electron chi connectivity index (χ0n) is 15.0. The maximum Gasteiger partial charge on any atom is 0.330 e. The molecule has 1 aliphatic heterocycles. The van der Waals surface area contributed by atoms with Gasteiger partial charge in [0, 0.05) is 19.6 Å². The molecular formula is C17H25N5O3. The number of ether oxygens (including phenoxy) is 2. The summed E-state index contributed by atoms with van der Waals surface area (Å²) in [5, 5.41) is 2.92. The van der Waals surface area contributed by atoms with Gasteiger partial charge in [0.25, 0.3) is 0 Å². The van der Waals surface area contributed by atoms with Gasteiger partial charge in [0.2, 0.25) is 0 Å². The van der Waals surface area contributed by atoms with E-state index in [0.29, 0.717) is 36.7 Å². The number of amides is 1. The predicted molar refractivity (Wildman–Crippen MR) is 95.4 cm³/mol. The quantitative estimate of drug-likeness (QED) is 0.889. The summed E-state index contributed by atoms with van der Waals surface area (Å²) in [6, 6.07) is 0.0143. The lowest BCUT2D eigenvalue weighted by molar-refractivity contribution is 0.123. The first-order chi connectivity index (χ1) is 12.1. The van der Waals surface area contributed by atoms with Crippen LogP contribution in [0.1, 0.15) is 20.3 Å². The Bertz CT molecular complexity index is 737. The van der Waals surface area contributed by atoms with Gasteiger partial charge in [0.15, 0.2) is 0 Å². The van der Waals surface area contributed by atoms with Crippen LogP contribution in [-0.2, 0) is 4.74 Å². The molecule has 1 amide bonds. The van der Waals surface area contributed by atoms with Crippen LogP contribution in [0.3, 0.4) is 0 Å². The van der Waals surface area contributed by atoms with E-state index in [2.05, 4.69) is 34.0 Å². The van der Waals surface area contributed by atoms with Crippen molar-refractivity contribution in [3.05, 3.63) is 12.4 Å². The highest BCUT2D eigenvalue weighted by Crippen LogP contribution is 2.29. The molecule has 1 N–H and O–H groups in total. The first-order valence-corrected chi connectivity index (χ1v) is 8.63. The molecule has 0 bridgehead atoms. The molecule has 0 aromatic carbocycles. The smallest absolute Gasteiger partial charge is 0.330 e. The number of imidazole rings is 1. The number of nitrogens with one attached hydrogen (secondary N) is 1. The summed E-state index contributed by atoms with van der Waals surface area (Å²) < 4.78 is 12.2. The molecule has 8 nitrogen and oxygen atoms in total. The van der Waals surface area contributed by atoms with Crippen molar-refractivity contribution in [1.82, 2.24) is 19.9 Å². The second-order valence-corrected chi connectivity index (χ2v) is 6.47. The molecule has 1 aliphatic rings. The second kappa shape index (κ2) is 7.69. The highest BCUT2D eigenvalue weighted by molar-refractivity contribution is 5.96. The van der Waals surface area contributed by atoms with E-state index in [1.165, 1.54) is 11.7 Å². The normalized spacial score (nSPS) is 15.0. The Morgan fingerprint density at radius 3 is 2.80 bits per heavy atom. The van der Waals surface area contributed by atoms with Crippen LogP contribution in [0.15, 0.2) is 12.4 Å². The van der Waals surface area contributed by atoms with Gasteiger partial charge >= 0.3 is 12.0 Å². The molecule has 3 rings (SSSR count). The van der Waals surface area contributed by atoms with Crippen LogP contribution in [0.4, 0.5) is 10.5 Å². The summed E-state index contributed by atoms with van der Waals surface area (Å²) in [6.07, 6.45) is 4.34. The second-order valence-electron chi connectivity index (χ2n) is 6.47. The van der Waals surface area contributed by atoms with Gasteiger partial charge in [-0.3, -0.25) is 4.98 Å². The van der Waals surface area contributed by atoms with Gasteiger partial charge in [-0.25, -0.2) is 9.36 Å². The summed E-state index contributed by atoms with van der Waals surface area (Å²) in [7, 11) is 1.51. The number of hydrogen-bond donors (Lipinski definition) is 1. The third-order valence-corrected chi connectivity index (χ3v) is 4.25. The number of hydrogen-bond acceptors (Lipinski definition) is 6. The van der Waals surface area contributed by atoms with Gasteiger partial charge in [-0.1, -0.05) is 13.8 Å². The molecule has 136 valence electrons. The van der Waals surface area contributed by atoms with Crippen molar-refractivity contribution in [2.75, 3.05) is 44.9 Å². The molecule has 25 heavy (non-hydrogen) atoms. The van der Waals surface area contributed by atoms with Gasteiger partial charge in [-0.15, -0.1) is 0 Å². The maximum atomic E-state index is 12.6. The summed E-state index contributed by atoms with van der Waals surface area (Å²) in [4.78, 5) is 23.6. The molecule has 3 heterocycles. The Morgan fingerprint density at radius 1 is 1.36 bits per heavy atom. The molecule has 1 saturated heterocycles. The lowest BCUT2D eigenvalue weighted by atomic mass is 10.1. The molecule has 0 saturated carbocycles. The van der Waals surface area contributed by atoms with Crippen LogP contribution in [0.2, 0.25) is 0 Å². The summed E-state index contributed by atoms with van der Waals surface area (Å²) >= 11 is 0. The molecule has 0 unspecified atom stereocenters. The van der Waals surface area contributed by atoms with Crippen molar-refractivity contribution in [3.8, 4) is 6.01 Å². The summed E-state index contributed by atoms with van der Waals surface area (Å²) in [5.41, 5.74) is 2.25. The van der Waals surface area contributed by atoms with Crippen molar-refractivity contribution in [3.63, 3.8) is 0 Å². The van der Waals surface area contributed by atoms with Crippen molar-refractivity contribution >= 4 is 22.8 Å². The topological polar surface area (TPSA) is 81.5 Å². The van der Waals surface area contributed by atoms with Crippen LogP contribution < -0.4 is 15.0 Å². The molecule has 2 aromatic heterocycles. The minimum atomic E-state index is -0.249. The SMILES string of the molecule is COc1nc2c(N3CCOCC3)cncc2n1C(=O)NCCC(C)C. The van der Waals surface area contributed by atoms with E-state index in [-0.39, 0.29) is 12.0 Å². The monoisotopic (exact) mass is 347 g/mol. The van der Waals surface area contributed by atoms with E-state index in [1.807, 2.05) is 0 Å². The Hall–Kier alpha value is -2.35. The third kappa shape index (κ3) is 3.68. The number of carbonyl (C=O) groups is 1. The number of carbonyl (C=O) groups excluding carboxylic acids is 1. The predicted octanol–water partition coefficient (Wildman–Crippen LogP) is 1.88.